The summed E-state index contributed by atoms with van der Waals surface area (Å²) in [6.07, 6.45) is 5.37. The molecule has 0 aromatic heterocycles. The van der Waals surface area contributed by atoms with Crippen molar-refractivity contribution in [2.75, 3.05) is 26.7 Å². The number of hydrogen-bond acceptors (Lipinski definition) is 3. The summed E-state index contributed by atoms with van der Waals surface area (Å²) in [6, 6.07) is 0.464. The molecule has 2 N–H and O–H groups in total. The van der Waals surface area contributed by atoms with Gasteiger partial charge in [0.2, 0.25) is 0 Å². The maximum absolute atomic E-state index is 5.91. The molecule has 1 aliphatic rings. The van der Waals surface area contributed by atoms with E-state index in [-0.39, 0.29) is 0 Å². The lowest BCUT2D eigenvalue weighted by atomic mass is 9.86. The SMILES string of the molecule is CC(C)OCCN(C)CC1CCC(N)CC1. The number of rotatable bonds is 6. The minimum absolute atomic E-state index is 0.348. The normalized spacial score (nSPS) is 26.6. The van der Waals surface area contributed by atoms with Gasteiger partial charge in [0.15, 0.2) is 0 Å². The molecule has 0 aromatic carbocycles. The lowest BCUT2D eigenvalue weighted by Crippen LogP contribution is -2.34. The van der Waals surface area contributed by atoms with E-state index >= 15 is 0 Å². The van der Waals surface area contributed by atoms with Crippen molar-refractivity contribution in [3.63, 3.8) is 0 Å². The summed E-state index contributed by atoms with van der Waals surface area (Å²) >= 11 is 0. The van der Waals surface area contributed by atoms with Crippen LogP contribution in [-0.4, -0.2) is 43.8 Å². The quantitative estimate of drug-likeness (QED) is 0.754. The molecule has 1 rings (SSSR count). The Hall–Kier alpha value is -0.120. The number of ether oxygens (including phenoxy) is 1. The average molecular weight is 228 g/mol. The number of likely N-dealkylation sites (N-methyl/N-ethyl adjacent to an activating group) is 1. The third-order valence-electron chi connectivity index (χ3n) is 3.39. The molecule has 0 radical (unpaired) electrons. The van der Waals surface area contributed by atoms with E-state index in [9.17, 15) is 0 Å². The molecule has 3 nitrogen and oxygen atoms in total. The standard InChI is InChI=1S/C13H28N2O/c1-11(2)16-9-8-15(3)10-12-4-6-13(14)7-5-12/h11-13H,4-10,14H2,1-3H3. The van der Waals surface area contributed by atoms with E-state index in [1.165, 1.54) is 32.2 Å². The fraction of sp³-hybridized carbons (Fsp3) is 1.00. The minimum atomic E-state index is 0.348. The number of nitrogens with two attached hydrogens (primary N) is 1. The third kappa shape index (κ3) is 5.83. The zero-order valence-electron chi connectivity index (χ0n) is 11.1. The Bertz CT molecular complexity index is 177. The van der Waals surface area contributed by atoms with E-state index in [4.69, 9.17) is 10.5 Å². The summed E-state index contributed by atoms with van der Waals surface area (Å²) in [4.78, 5) is 2.39. The van der Waals surface area contributed by atoms with E-state index in [2.05, 4.69) is 25.8 Å². The molecule has 0 amide bonds. The van der Waals surface area contributed by atoms with E-state index < -0.39 is 0 Å². The molecule has 1 saturated carbocycles. The van der Waals surface area contributed by atoms with Crippen molar-refractivity contribution in [2.45, 2.75) is 51.7 Å². The molecule has 0 spiro atoms. The summed E-state index contributed by atoms with van der Waals surface area (Å²) in [7, 11) is 2.19. The first-order valence-corrected chi connectivity index (χ1v) is 6.63. The van der Waals surface area contributed by atoms with Gasteiger partial charge in [0.25, 0.3) is 0 Å². The molecule has 0 atom stereocenters. The second kappa shape index (κ2) is 7.25. The van der Waals surface area contributed by atoms with Gasteiger partial charge in [-0.3, -0.25) is 0 Å². The van der Waals surface area contributed by atoms with Crippen molar-refractivity contribution in [3.05, 3.63) is 0 Å². The highest BCUT2D eigenvalue weighted by molar-refractivity contribution is 4.75. The highest BCUT2D eigenvalue weighted by atomic mass is 16.5. The molecule has 16 heavy (non-hydrogen) atoms. The second-order valence-corrected chi connectivity index (χ2v) is 5.46. The molecule has 96 valence electrons. The maximum atomic E-state index is 5.91. The van der Waals surface area contributed by atoms with Crippen LogP contribution in [0.15, 0.2) is 0 Å². The van der Waals surface area contributed by atoms with Gasteiger partial charge < -0.3 is 15.4 Å². The second-order valence-electron chi connectivity index (χ2n) is 5.46. The predicted octanol–water partition coefficient (Wildman–Crippen LogP) is 1.86. The number of hydrogen-bond donors (Lipinski definition) is 1. The Labute approximate surface area is 100 Å². The Kier molecular flexibility index (Phi) is 6.32. The zero-order chi connectivity index (χ0) is 12.0. The largest absolute Gasteiger partial charge is 0.377 e. The molecule has 3 heteroatoms. The van der Waals surface area contributed by atoms with Gasteiger partial charge in [0.1, 0.15) is 0 Å². The zero-order valence-corrected chi connectivity index (χ0v) is 11.1. The van der Waals surface area contributed by atoms with Gasteiger partial charge in [-0.15, -0.1) is 0 Å². The van der Waals surface area contributed by atoms with Gasteiger partial charge in [-0.25, -0.2) is 0 Å². The Balaban J connectivity index is 2.07. The summed E-state index contributed by atoms with van der Waals surface area (Å²) in [5.41, 5.74) is 5.91. The van der Waals surface area contributed by atoms with Crippen molar-refractivity contribution < 1.29 is 4.74 Å². The third-order valence-corrected chi connectivity index (χ3v) is 3.39. The summed E-state index contributed by atoms with van der Waals surface area (Å²) in [5.74, 6) is 0.851. The Morgan fingerprint density at radius 2 is 1.88 bits per heavy atom. The smallest absolute Gasteiger partial charge is 0.0596 e. The summed E-state index contributed by atoms with van der Waals surface area (Å²) in [5, 5.41) is 0. The van der Waals surface area contributed by atoms with E-state index in [0.29, 0.717) is 12.1 Å². The lowest BCUT2D eigenvalue weighted by molar-refractivity contribution is 0.0597. The van der Waals surface area contributed by atoms with Crippen LogP contribution in [0, 0.1) is 5.92 Å². The van der Waals surface area contributed by atoms with Gasteiger partial charge in [0.05, 0.1) is 12.7 Å². The molecule has 0 unspecified atom stereocenters. The predicted molar refractivity (Wildman–Crippen MR) is 68.5 cm³/mol. The Morgan fingerprint density at radius 1 is 1.25 bits per heavy atom. The molecule has 0 aromatic rings. The van der Waals surface area contributed by atoms with Crippen LogP contribution in [-0.2, 0) is 4.74 Å². The van der Waals surface area contributed by atoms with E-state index in [1.807, 2.05) is 0 Å². The first-order chi connectivity index (χ1) is 7.58. The van der Waals surface area contributed by atoms with Crippen LogP contribution in [0.25, 0.3) is 0 Å². The van der Waals surface area contributed by atoms with Crippen LogP contribution in [0.5, 0.6) is 0 Å². The average Bonchev–Trinajstić information content (AvgIpc) is 2.21. The molecule has 0 saturated heterocycles. The lowest BCUT2D eigenvalue weighted by Gasteiger charge is -2.29. The minimum Gasteiger partial charge on any atom is -0.377 e. The first kappa shape index (κ1) is 13.9. The van der Waals surface area contributed by atoms with Gasteiger partial charge in [-0.05, 0) is 52.5 Å². The molecule has 1 fully saturated rings. The van der Waals surface area contributed by atoms with Crippen molar-refractivity contribution >= 4 is 0 Å². The topological polar surface area (TPSA) is 38.5 Å². The van der Waals surface area contributed by atoms with Crippen LogP contribution in [0.1, 0.15) is 39.5 Å². The van der Waals surface area contributed by atoms with Gasteiger partial charge >= 0.3 is 0 Å². The van der Waals surface area contributed by atoms with Crippen LogP contribution in [0.4, 0.5) is 0 Å². The van der Waals surface area contributed by atoms with Crippen molar-refractivity contribution in [1.29, 1.82) is 0 Å². The fourth-order valence-electron chi connectivity index (χ4n) is 2.35. The van der Waals surface area contributed by atoms with Gasteiger partial charge in [0, 0.05) is 19.1 Å². The van der Waals surface area contributed by atoms with Gasteiger partial charge in [-0.2, -0.15) is 0 Å². The molecular weight excluding hydrogens is 200 g/mol. The van der Waals surface area contributed by atoms with Crippen LogP contribution < -0.4 is 5.73 Å². The van der Waals surface area contributed by atoms with E-state index in [0.717, 1.165) is 19.1 Å². The summed E-state index contributed by atoms with van der Waals surface area (Å²) in [6.45, 7) is 7.26. The molecule has 0 bridgehead atoms. The van der Waals surface area contributed by atoms with Crippen LogP contribution >= 0.6 is 0 Å². The Morgan fingerprint density at radius 3 is 2.44 bits per heavy atom. The summed E-state index contributed by atoms with van der Waals surface area (Å²) < 4.78 is 5.56. The molecule has 0 heterocycles. The van der Waals surface area contributed by atoms with Crippen molar-refractivity contribution in [2.24, 2.45) is 11.7 Å². The van der Waals surface area contributed by atoms with Crippen molar-refractivity contribution in [3.8, 4) is 0 Å². The molecule has 1 aliphatic carbocycles. The monoisotopic (exact) mass is 228 g/mol. The highest BCUT2D eigenvalue weighted by Gasteiger charge is 2.19. The number of nitrogens with zero attached hydrogens (tertiary/aromatic N) is 1. The van der Waals surface area contributed by atoms with Gasteiger partial charge in [-0.1, -0.05) is 0 Å². The highest BCUT2D eigenvalue weighted by Crippen LogP contribution is 2.23. The maximum Gasteiger partial charge on any atom is 0.0596 e. The molecular formula is C13H28N2O. The fourth-order valence-corrected chi connectivity index (χ4v) is 2.35. The first-order valence-electron chi connectivity index (χ1n) is 6.63. The van der Waals surface area contributed by atoms with Crippen LogP contribution in [0.2, 0.25) is 0 Å². The van der Waals surface area contributed by atoms with E-state index in [1.54, 1.807) is 0 Å². The van der Waals surface area contributed by atoms with Crippen LogP contribution in [0.3, 0.4) is 0 Å². The van der Waals surface area contributed by atoms with Crippen molar-refractivity contribution in [1.82, 2.24) is 4.90 Å². The molecule has 0 aliphatic heterocycles.